The van der Waals surface area contributed by atoms with Gasteiger partial charge in [-0.3, -0.25) is 0 Å². The molecule has 6 nitrogen and oxygen atoms in total. The Labute approximate surface area is 104 Å². The van der Waals surface area contributed by atoms with E-state index in [0.29, 0.717) is 6.42 Å². The number of imidazole rings is 1. The molecule has 1 aromatic carbocycles. The molecule has 3 aromatic rings. The molecule has 2 heterocycles. The van der Waals surface area contributed by atoms with Crippen LogP contribution in [0.2, 0.25) is 0 Å². The van der Waals surface area contributed by atoms with Crippen molar-refractivity contribution in [2.75, 3.05) is 0 Å². The zero-order chi connectivity index (χ0) is 12.2. The molecule has 6 heteroatoms. The Hall–Kier alpha value is -2.50. The molecule has 0 aliphatic heterocycles. The van der Waals surface area contributed by atoms with Crippen LogP contribution in [0.5, 0.6) is 0 Å². The Morgan fingerprint density at radius 2 is 2.06 bits per heavy atom. The third kappa shape index (κ3) is 2.27. The highest BCUT2D eigenvalue weighted by molar-refractivity contribution is 5.16. The summed E-state index contributed by atoms with van der Waals surface area (Å²) < 4.78 is 2.10. The first-order valence-electron chi connectivity index (χ1n) is 5.68. The third-order valence-electron chi connectivity index (χ3n) is 2.71. The summed E-state index contributed by atoms with van der Waals surface area (Å²) in [5, 5.41) is 13.7. The Morgan fingerprint density at radius 1 is 1.17 bits per heavy atom. The van der Waals surface area contributed by atoms with E-state index in [9.17, 15) is 0 Å². The smallest absolute Gasteiger partial charge is 0.156 e. The number of hydrogen-bond acceptors (Lipinski definition) is 4. The topological polar surface area (TPSA) is 72.3 Å². The molecule has 0 bridgehead atoms. The van der Waals surface area contributed by atoms with Crippen LogP contribution in [-0.2, 0) is 13.0 Å². The SMILES string of the molecule is c1ccc(Cn2ccnc2Cc2nnn[nH]2)cc1. The van der Waals surface area contributed by atoms with Gasteiger partial charge in [0.05, 0.1) is 6.42 Å². The summed E-state index contributed by atoms with van der Waals surface area (Å²) in [5.41, 5.74) is 1.24. The number of nitrogens with one attached hydrogen (secondary N) is 1. The predicted molar refractivity (Wildman–Crippen MR) is 64.8 cm³/mol. The summed E-state index contributed by atoms with van der Waals surface area (Å²) in [6.07, 6.45) is 4.36. The van der Waals surface area contributed by atoms with Crippen molar-refractivity contribution in [3.05, 3.63) is 59.9 Å². The molecule has 90 valence electrons. The minimum absolute atomic E-state index is 0.604. The van der Waals surface area contributed by atoms with Gasteiger partial charge in [0.1, 0.15) is 5.82 Å². The Bertz CT molecular complexity index is 599. The number of rotatable bonds is 4. The van der Waals surface area contributed by atoms with Crippen LogP contribution < -0.4 is 0 Å². The molecule has 0 atom stereocenters. The lowest BCUT2D eigenvalue weighted by atomic mass is 10.2. The number of tetrazole rings is 1. The summed E-state index contributed by atoms with van der Waals surface area (Å²) in [5.74, 6) is 1.66. The van der Waals surface area contributed by atoms with Crippen molar-refractivity contribution >= 4 is 0 Å². The van der Waals surface area contributed by atoms with Crippen LogP contribution in [0, 0.1) is 0 Å². The molecule has 0 unspecified atom stereocenters. The third-order valence-corrected chi connectivity index (χ3v) is 2.71. The fraction of sp³-hybridized carbons (Fsp3) is 0.167. The van der Waals surface area contributed by atoms with E-state index in [4.69, 9.17) is 0 Å². The molecule has 0 spiro atoms. The number of H-pyrrole nitrogens is 1. The van der Waals surface area contributed by atoms with E-state index < -0.39 is 0 Å². The van der Waals surface area contributed by atoms with Gasteiger partial charge < -0.3 is 4.57 Å². The van der Waals surface area contributed by atoms with Crippen molar-refractivity contribution in [3.63, 3.8) is 0 Å². The molecular weight excluding hydrogens is 228 g/mol. The Balaban J connectivity index is 1.79. The van der Waals surface area contributed by atoms with Crippen molar-refractivity contribution in [3.8, 4) is 0 Å². The van der Waals surface area contributed by atoms with E-state index in [-0.39, 0.29) is 0 Å². The minimum Gasteiger partial charge on any atom is -0.330 e. The van der Waals surface area contributed by atoms with Gasteiger partial charge in [-0.1, -0.05) is 30.3 Å². The first kappa shape index (κ1) is 10.6. The lowest BCUT2D eigenvalue weighted by Gasteiger charge is -2.06. The summed E-state index contributed by atoms with van der Waals surface area (Å²) >= 11 is 0. The number of aromatic amines is 1. The Kier molecular flexibility index (Phi) is 2.83. The fourth-order valence-corrected chi connectivity index (χ4v) is 1.83. The molecule has 0 aliphatic carbocycles. The van der Waals surface area contributed by atoms with Crippen molar-refractivity contribution in [1.82, 2.24) is 30.2 Å². The van der Waals surface area contributed by atoms with Crippen LogP contribution in [0.15, 0.2) is 42.7 Å². The van der Waals surface area contributed by atoms with Crippen LogP contribution in [0.3, 0.4) is 0 Å². The standard InChI is InChI=1S/C12H12N6/c1-2-4-10(5-3-1)9-18-7-6-13-12(18)8-11-14-16-17-15-11/h1-7H,8-9H2,(H,14,15,16,17). The summed E-state index contributed by atoms with van der Waals surface area (Å²) in [6.45, 7) is 0.803. The van der Waals surface area contributed by atoms with E-state index >= 15 is 0 Å². The lowest BCUT2D eigenvalue weighted by molar-refractivity contribution is 0.728. The van der Waals surface area contributed by atoms with Crippen LogP contribution in [0.1, 0.15) is 17.2 Å². The van der Waals surface area contributed by atoms with Gasteiger partial charge in [0.15, 0.2) is 5.82 Å². The fourth-order valence-electron chi connectivity index (χ4n) is 1.83. The van der Waals surface area contributed by atoms with Gasteiger partial charge in [0.25, 0.3) is 0 Å². The highest BCUT2D eigenvalue weighted by Crippen LogP contribution is 2.07. The molecule has 0 amide bonds. The van der Waals surface area contributed by atoms with Crippen molar-refractivity contribution in [1.29, 1.82) is 0 Å². The van der Waals surface area contributed by atoms with Gasteiger partial charge in [0, 0.05) is 18.9 Å². The predicted octanol–water partition coefficient (Wildman–Crippen LogP) is 1.04. The molecule has 0 aliphatic rings. The number of hydrogen-bond donors (Lipinski definition) is 1. The maximum Gasteiger partial charge on any atom is 0.156 e. The van der Waals surface area contributed by atoms with Crippen molar-refractivity contribution < 1.29 is 0 Å². The highest BCUT2D eigenvalue weighted by Gasteiger charge is 2.06. The average Bonchev–Trinajstić information content (AvgIpc) is 3.04. The molecule has 0 saturated heterocycles. The molecular formula is C12H12N6. The van der Waals surface area contributed by atoms with Crippen LogP contribution in [-0.4, -0.2) is 30.2 Å². The summed E-state index contributed by atoms with van der Waals surface area (Å²) in [7, 11) is 0. The maximum absolute atomic E-state index is 4.33. The lowest BCUT2D eigenvalue weighted by Crippen LogP contribution is -2.06. The maximum atomic E-state index is 4.33. The minimum atomic E-state index is 0.604. The van der Waals surface area contributed by atoms with Crippen LogP contribution >= 0.6 is 0 Å². The zero-order valence-corrected chi connectivity index (χ0v) is 9.69. The van der Waals surface area contributed by atoms with E-state index in [0.717, 1.165) is 18.2 Å². The van der Waals surface area contributed by atoms with E-state index in [1.807, 2.05) is 24.4 Å². The van der Waals surface area contributed by atoms with E-state index in [1.165, 1.54) is 5.56 Å². The van der Waals surface area contributed by atoms with Gasteiger partial charge >= 0.3 is 0 Å². The number of aromatic nitrogens is 6. The quantitative estimate of drug-likeness (QED) is 0.739. The van der Waals surface area contributed by atoms with Crippen molar-refractivity contribution in [2.24, 2.45) is 0 Å². The first-order valence-corrected chi connectivity index (χ1v) is 5.68. The molecule has 18 heavy (non-hydrogen) atoms. The second-order valence-corrected chi connectivity index (χ2v) is 3.98. The normalized spacial score (nSPS) is 10.7. The summed E-state index contributed by atoms with van der Waals surface area (Å²) in [4.78, 5) is 4.33. The van der Waals surface area contributed by atoms with Crippen LogP contribution in [0.25, 0.3) is 0 Å². The average molecular weight is 240 g/mol. The van der Waals surface area contributed by atoms with Crippen LogP contribution in [0.4, 0.5) is 0 Å². The molecule has 0 radical (unpaired) electrons. The molecule has 2 aromatic heterocycles. The van der Waals surface area contributed by atoms with Gasteiger partial charge in [-0.25, -0.2) is 10.1 Å². The second-order valence-electron chi connectivity index (χ2n) is 3.98. The monoisotopic (exact) mass is 240 g/mol. The van der Waals surface area contributed by atoms with Gasteiger partial charge in [-0.05, 0) is 16.0 Å². The highest BCUT2D eigenvalue weighted by atomic mass is 15.5. The largest absolute Gasteiger partial charge is 0.330 e. The number of benzene rings is 1. The molecule has 0 saturated carbocycles. The number of nitrogens with zero attached hydrogens (tertiary/aromatic N) is 5. The summed E-state index contributed by atoms with van der Waals surface area (Å²) in [6, 6.07) is 10.3. The van der Waals surface area contributed by atoms with Gasteiger partial charge in [-0.15, -0.1) is 5.10 Å². The molecule has 3 rings (SSSR count). The van der Waals surface area contributed by atoms with E-state index in [2.05, 4.69) is 42.3 Å². The van der Waals surface area contributed by atoms with Crippen molar-refractivity contribution in [2.45, 2.75) is 13.0 Å². The Morgan fingerprint density at radius 3 is 2.83 bits per heavy atom. The van der Waals surface area contributed by atoms with Gasteiger partial charge in [0.2, 0.25) is 0 Å². The zero-order valence-electron chi connectivity index (χ0n) is 9.69. The van der Waals surface area contributed by atoms with E-state index in [1.54, 1.807) is 6.20 Å². The van der Waals surface area contributed by atoms with Gasteiger partial charge in [-0.2, -0.15) is 0 Å². The molecule has 0 fully saturated rings. The first-order chi connectivity index (χ1) is 8.92. The second kappa shape index (κ2) is 4.79. The molecule has 1 N–H and O–H groups in total.